The van der Waals surface area contributed by atoms with Crippen molar-refractivity contribution in [3.8, 4) is 0 Å². The summed E-state index contributed by atoms with van der Waals surface area (Å²) in [5.74, 6) is -0.0497. The van der Waals surface area contributed by atoms with E-state index in [0.717, 1.165) is 42.5 Å². The van der Waals surface area contributed by atoms with Crippen LogP contribution in [0.25, 0.3) is 11.0 Å². The van der Waals surface area contributed by atoms with Crippen LogP contribution in [0.5, 0.6) is 0 Å². The second-order valence-electron chi connectivity index (χ2n) is 5.31. The van der Waals surface area contributed by atoms with Gasteiger partial charge in [-0.15, -0.1) is 0 Å². The van der Waals surface area contributed by atoms with Crippen molar-refractivity contribution in [2.24, 2.45) is 5.92 Å². The van der Waals surface area contributed by atoms with Crippen molar-refractivity contribution in [3.63, 3.8) is 0 Å². The summed E-state index contributed by atoms with van der Waals surface area (Å²) < 4.78 is 2.13. The molecule has 0 aliphatic heterocycles. The van der Waals surface area contributed by atoms with E-state index >= 15 is 0 Å². The number of imidazole rings is 1. The van der Waals surface area contributed by atoms with Crippen molar-refractivity contribution in [1.82, 2.24) is 9.55 Å². The summed E-state index contributed by atoms with van der Waals surface area (Å²) in [7, 11) is 0. The van der Waals surface area contributed by atoms with E-state index in [1.807, 2.05) is 31.2 Å². The second-order valence-corrected chi connectivity index (χ2v) is 5.31. The number of hydrogen-bond donors (Lipinski definition) is 1. The van der Waals surface area contributed by atoms with Crippen LogP contribution in [0.4, 0.5) is 0 Å². The Bertz CT molecular complexity index is 618. The Morgan fingerprint density at radius 3 is 2.84 bits per heavy atom. The molecular formula is C15H18N2O2. The van der Waals surface area contributed by atoms with E-state index in [0.29, 0.717) is 0 Å². The Hall–Kier alpha value is -1.84. The smallest absolute Gasteiger partial charge is 0.308 e. The molecule has 4 nitrogen and oxygen atoms in total. The predicted octanol–water partition coefficient (Wildman–Crippen LogP) is 3.16. The molecule has 1 aliphatic rings. The highest BCUT2D eigenvalue weighted by atomic mass is 16.4. The van der Waals surface area contributed by atoms with E-state index < -0.39 is 5.97 Å². The summed E-state index contributed by atoms with van der Waals surface area (Å²) >= 11 is 0. The van der Waals surface area contributed by atoms with Crippen LogP contribution < -0.4 is 0 Å². The SMILES string of the molecule is Cc1nc2ccccc2n1C1CCCCC1C(=O)O. The molecule has 0 amide bonds. The number of aromatic nitrogens is 2. The van der Waals surface area contributed by atoms with Gasteiger partial charge in [0.05, 0.1) is 17.0 Å². The first-order valence-corrected chi connectivity index (χ1v) is 6.85. The molecule has 0 spiro atoms. The van der Waals surface area contributed by atoms with Crippen LogP contribution in [-0.4, -0.2) is 20.6 Å². The molecule has 2 unspecified atom stereocenters. The van der Waals surface area contributed by atoms with Gasteiger partial charge in [0, 0.05) is 6.04 Å². The van der Waals surface area contributed by atoms with Crippen LogP contribution in [0.3, 0.4) is 0 Å². The van der Waals surface area contributed by atoms with Crippen LogP contribution in [0, 0.1) is 12.8 Å². The number of aliphatic carboxylic acids is 1. The fourth-order valence-electron chi connectivity index (χ4n) is 3.29. The van der Waals surface area contributed by atoms with Crippen molar-refractivity contribution < 1.29 is 9.90 Å². The van der Waals surface area contributed by atoms with E-state index in [4.69, 9.17) is 0 Å². The highest BCUT2D eigenvalue weighted by Crippen LogP contribution is 2.37. The average Bonchev–Trinajstić information content (AvgIpc) is 2.74. The van der Waals surface area contributed by atoms with Gasteiger partial charge in [0.2, 0.25) is 0 Å². The van der Waals surface area contributed by atoms with Crippen LogP contribution in [0.2, 0.25) is 0 Å². The van der Waals surface area contributed by atoms with Crippen molar-refractivity contribution in [2.45, 2.75) is 38.6 Å². The van der Waals surface area contributed by atoms with E-state index in [1.165, 1.54) is 0 Å². The minimum atomic E-state index is -0.679. The normalized spacial score (nSPS) is 23.6. The number of carboxylic acid groups (broad SMARTS) is 1. The van der Waals surface area contributed by atoms with Crippen LogP contribution >= 0.6 is 0 Å². The fraction of sp³-hybridized carbons (Fsp3) is 0.467. The van der Waals surface area contributed by atoms with Crippen LogP contribution in [-0.2, 0) is 4.79 Å². The molecule has 4 heteroatoms. The maximum absolute atomic E-state index is 11.5. The summed E-state index contributed by atoms with van der Waals surface area (Å²) in [5.41, 5.74) is 2.01. The van der Waals surface area contributed by atoms with E-state index in [-0.39, 0.29) is 12.0 Å². The third kappa shape index (κ3) is 2.01. The highest BCUT2D eigenvalue weighted by molar-refractivity contribution is 5.77. The van der Waals surface area contributed by atoms with Gasteiger partial charge in [-0.25, -0.2) is 4.98 Å². The molecule has 0 radical (unpaired) electrons. The van der Waals surface area contributed by atoms with Crippen LogP contribution in [0.15, 0.2) is 24.3 Å². The van der Waals surface area contributed by atoms with Crippen molar-refractivity contribution in [1.29, 1.82) is 0 Å². The minimum Gasteiger partial charge on any atom is -0.481 e. The van der Waals surface area contributed by atoms with E-state index in [9.17, 15) is 9.90 Å². The lowest BCUT2D eigenvalue weighted by Crippen LogP contribution is -2.30. The average molecular weight is 258 g/mol. The van der Waals surface area contributed by atoms with Gasteiger partial charge in [-0.1, -0.05) is 25.0 Å². The number of benzene rings is 1. The Kier molecular flexibility index (Phi) is 3.01. The maximum Gasteiger partial charge on any atom is 0.308 e. The van der Waals surface area contributed by atoms with Gasteiger partial charge in [-0.2, -0.15) is 0 Å². The Morgan fingerprint density at radius 1 is 1.32 bits per heavy atom. The molecule has 0 bridgehead atoms. The maximum atomic E-state index is 11.5. The summed E-state index contributed by atoms with van der Waals surface area (Å²) in [6, 6.07) is 8.01. The zero-order valence-corrected chi connectivity index (χ0v) is 11.0. The van der Waals surface area contributed by atoms with Gasteiger partial charge in [-0.3, -0.25) is 4.79 Å². The van der Waals surface area contributed by atoms with E-state index in [2.05, 4.69) is 9.55 Å². The Balaban J connectivity index is 2.11. The van der Waals surface area contributed by atoms with Gasteiger partial charge >= 0.3 is 5.97 Å². The summed E-state index contributed by atoms with van der Waals surface area (Å²) in [6.07, 6.45) is 3.81. The number of hydrogen-bond acceptors (Lipinski definition) is 2. The van der Waals surface area contributed by atoms with E-state index in [1.54, 1.807) is 0 Å². The first kappa shape index (κ1) is 12.2. The Morgan fingerprint density at radius 2 is 2.05 bits per heavy atom. The van der Waals surface area contributed by atoms with Gasteiger partial charge in [0.15, 0.2) is 0 Å². The number of carbonyl (C=O) groups is 1. The monoisotopic (exact) mass is 258 g/mol. The lowest BCUT2D eigenvalue weighted by Gasteiger charge is -2.31. The number of aryl methyl sites for hydroxylation is 1. The molecule has 1 fully saturated rings. The van der Waals surface area contributed by atoms with Gasteiger partial charge in [0.25, 0.3) is 0 Å². The van der Waals surface area contributed by atoms with Crippen molar-refractivity contribution in [3.05, 3.63) is 30.1 Å². The van der Waals surface area contributed by atoms with Gasteiger partial charge in [-0.05, 0) is 31.9 Å². The highest BCUT2D eigenvalue weighted by Gasteiger charge is 2.33. The van der Waals surface area contributed by atoms with Gasteiger partial charge < -0.3 is 9.67 Å². The molecule has 1 aromatic heterocycles. The first-order chi connectivity index (χ1) is 9.18. The molecule has 1 aromatic carbocycles. The van der Waals surface area contributed by atoms with Crippen LogP contribution in [0.1, 0.15) is 37.5 Å². The van der Waals surface area contributed by atoms with Gasteiger partial charge in [0.1, 0.15) is 5.82 Å². The number of para-hydroxylation sites is 2. The fourth-order valence-corrected chi connectivity index (χ4v) is 3.29. The quantitative estimate of drug-likeness (QED) is 0.900. The zero-order chi connectivity index (χ0) is 13.4. The molecule has 1 saturated carbocycles. The number of fused-ring (bicyclic) bond motifs is 1. The molecule has 2 aromatic rings. The Labute approximate surface area is 112 Å². The molecule has 1 N–H and O–H groups in total. The summed E-state index contributed by atoms with van der Waals surface area (Å²) in [6.45, 7) is 1.97. The molecule has 19 heavy (non-hydrogen) atoms. The molecule has 1 aliphatic carbocycles. The number of rotatable bonds is 2. The van der Waals surface area contributed by atoms with Crippen molar-refractivity contribution in [2.75, 3.05) is 0 Å². The third-order valence-corrected chi connectivity index (χ3v) is 4.15. The third-order valence-electron chi connectivity index (χ3n) is 4.15. The standard InChI is InChI=1S/C15H18N2O2/c1-10-16-12-7-3-5-9-14(12)17(10)13-8-4-2-6-11(13)15(18)19/h3,5,7,9,11,13H,2,4,6,8H2,1H3,(H,18,19). The minimum absolute atomic E-state index is 0.0404. The lowest BCUT2D eigenvalue weighted by molar-refractivity contribution is -0.144. The molecule has 1 heterocycles. The molecule has 2 atom stereocenters. The second kappa shape index (κ2) is 4.68. The summed E-state index contributed by atoms with van der Waals surface area (Å²) in [5, 5.41) is 9.44. The predicted molar refractivity (Wildman–Crippen MR) is 73.1 cm³/mol. The topological polar surface area (TPSA) is 55.1 Å². The largest absolute Gasteiger partial charge is 0.481 e. The molecular weight excluding hydrogens is 240 g/mol. The zero-order valence-electron chi connectivity index (χ0n) is 11.0. The number of carboxylic acids is 1. The summed E-state index contributed by atoms with van der Waals surface area (Å²) in [4.78, 5) is 16.0. The molecule has 0 saturated heterocycles. The first-order valence-electron chi connectivity index (χ1n) is 6.85. The van der Waals surface area contributed by atoms with Crippen molar-refractivity contribution >= 4 is 17.0 Å². The number of nitrogens with zero attached hydrogens (tertiary/aromatic N) is 2. The molecule has 100 valence electrons. The lowest BCUT2D eigenvalue weighted by atomic mass is 9.84. The molecule has 3 rings (SSSR count).